The number of nitrogens with one attached hydrogen (secondary N) is 1. The summed E-state index contributed by atoms with van der Waals surface area (Å²) in [6.45, 7) is 0. The summed E-state index contributed by atoms with van der Waals surface area (Å²) >= 11 is 1.72. The third-order valence-electron chi connectivity index (χ3n) is 2.84. The van der Waals surface area contributed by atoms with Crippen LogP contribution in [-0.4, -0.2) is 16.6 Å². The number of pyridine rings is 1. The summed E-state index contributed by atoms with van der Waals surface area (Å²) in [7, 11) is 0. The highest BCUT2D eigenvalue weighted by Gasteiger charge is 2.13. The Balaban J connectivity index is 2.01. The minimum atomic E-state index is 0.0929. The molecule has 0 radical (unpaired) electrons. The van der Waals surface area contributed by atoms with Gasteiger partial charge >= 0.3 is 0 Å². The molecule has 1 aromatic heterocycles. The Morgan fingerprint density at radius 1 is 1.22 bits per heavy atom. The molecule has 0 saturated carbocycles. The molecule has 0 bridgehead atoms. The monoisotopic (exact) mass is 256 g/mol. The minimum absolute atomic E-state index is 0.0929. The highest BCUT2D eigenvalue weighted by atomic mass is 32.2. The van der Waals surface area contributed by atoms with Crippen LogP contribution in [-0.2, 0) is 4.79 Å². The molecule has 18 heavy (non-hydrogen) atoms. The first kappa shape index (κ1) is 11.3. The number of aromatic nitrogens is 1. The van der Waals surface area contributed by atoms with Crippen molar-refractivity contribution in [3.8, 4) is 11.1 Å². The molecule has 0 unspecified atom stereocenters. The van der Waals surface area contributed by atoms with Crippen molar-refractivity contribution in [3.05, 3.63) is 42.7 Å². The molecular weight excluding hydrogens is 244 g/mol. The molecule has 3 rings (SSSR count). The average Bonchev–Trinajstić information content (AvgIpc) is 2.59. The van der Waals surface area contributed by atoms with Crippen molar-refractivity contribution in [1.29, 1.82) is 0 Å². The predicted molar refractivity (Wildman–Crippen MR) is 73.6 cm³/mol. The third-order valence-corrected chi connectivity index (χ3v) is 3.89. The average molecular weight is 256 g/mol. The second-order valence-corrected chi connectivity index (χ2v) is 5.24. The number of carbonyl (C=O) groups is 1. The topological polar surface area (TPSA) is 42.0 Å². The molecule has 1 aliphatic heterocycles. The summed E-state index contributed by atoms with van der Waals surface area (Å²) in [5.74, 6) is 0.922. The van der Waals surface area contributed by atoms with Gasteiger partial charge in [-0.25, -0.2) is 0 Å². The van der Waals surface area contributed by atoms with E-state index in [1.165, 1.54) is 0 Å². The van der Waals surface area contributed by atoms with Crippen molar-refractivity contribution in [3.63, 3.8) is 0 Å². The van der Waals surface area contributed by atoms with Gasteiger partial charge in [0.05, 0.1) is 5.69 Å². The summed E-state index contributed by atoms with van der Waals surface area (Å²) in [6, 6.07) is 10.1. The first-order valence-corrected chi connectivity index (χ1v) is 6.78. The van der Waals surface area contributed by atoms with E-state index in [-0.39, 0.29) is 5.91 Å². The molecule has 1 amide bonds. The zero-order valence-corrected chi connectivity index (χ0v) is 10.5. The highest BCUT2D eigenvalue weighted by molar-refractivity contribution is 7.99. The number of benzene rings is 1. The molecule has 0 spiro atoms. The second-order valence-electron chi connectivity index (χ2n) is 4.10. The molecule has 2 aromatic rings. The van der Waals surface area contributed by atoms with Gasteiger partial charge in [0.15, 0.2) is 0 Å². The highest BCUT2D eigenvalue weighted by Crippen LogP contribution is 2.34. The number of rotatable bonds is 1. The Hall–Kier alpha value is -1.81. The van der Waals surface area contributed by atoms with Crippen molar-refractivity contribution in [2.45, 2.75) is 11.3 Å². The number of hydrogen-bond acceptors (Lipinski definition) is 3. The van der Waals surface area contributed by atoms with Crippen LogP contribution in [0.5, 0.6) is 0 Å². The maximum absolute atomic E-state index is 11.5. The molecule has 0 fully saturated rings. The van der Waals surface area contributed by atoms with Gasteiger partial charge in [0.2, 0.25) is 5.91 Å². The van der Waals surface area contributed by atoms with Crippen molar-refractivity contribution in [2.75, 3.05) is 11.1 Å². The first-order chi connectivity index (χ1) is 8.83. The van der Waals surface area contributed by atoms with Gasteiger partial charge in [-0.15, -0.1) is 11.8 Å². The van der Waals surface area contributed by atoms with Crippen LogP contribution < -0.4 is 5.32 Å². The van der Waals surface area contributed by atoms with Crippen LogP contribution in [0.1, 0.15) is 6.42 Å². The zero-order valence-electron chi connectivity index (χ0n) is 9.72. The predicted octanol–water partition coefficient (Wildman–Crippen LogP) is 3.18. The van der Waals surface area contributed by atoms with Crippen LogP contribution in [0.3, 0.4) is 0 Å². The Morgan fingerprint density at radius 3 is 3.00 bits per heavy atom. The van der Waals surface area contributed by atoms with Crippen LogP contribution >= 0.6 is 11.8 Å². The lowest BCUT2D eigenvalue weighted by molar-refractivity contribution is -0.115. The molecule has 0 atom stereocenters. The summed E-state index contributed by atoms with van der Waals surface area (Å²) in [5.41, 5.74) is 3.14. The van der Waals surface area contributed by atoms with Gasteiger partial charge in [-0.1, -0.05) is 12.1 Å². The molecule has 1 aromatic carbocycles. The van der Waals surface area contributed by atoms with E-state index in [1.54, 1.807) is 18.0 Å². The van der Waals surface area contributed by atoms with Crippen LogP contribution in [0.25, 0.3) is 11.1 Å². The molecule has 90 valence electrons. The lowest BCUT2D eigenvalue weighted by atomic mass is 10.1. The van der Waals surface area contributed by atoms with Gasteiger partial charge in [-0.2, -0.15) is 0 Å². The Labute approximate surface area is 110 Å². The number of fused-ring (bicyclic) bond motifs is 1. The molecule has 0 saturated heterocycles. The van der Waals surface area contributed by atoms with Gasteiger partial charge in [-0.05, 0) is 23.8 Å². The fourth-order valence-corrected chi connectivity index (χ4v) is 2.92. The molecule has 4 heteroatoms. The number of carbonyl (C=O) groups excluding carboxylic acids is 1. The number of amides is 1. The summed E-state index contributed by atoms with van der Waals surface area (Å²) in [6.07, 6.45) is 4.19. The SMILES string of the molecule is O=C1CCSc2cc(-c3cccnc3)ccc2N1. The largest absolute Gasteiger partial charge is 0.325 e. The fourth-order valence-electron chi connectivity index (χ4n) is 1.92. The number of hydrogen-bond donors (Lipinski definition) is 1. The normalized spacial score (nSPS) is 14.6. The molecule has 1 aliphatic rings. The quantitative estimate of drug-likeness (QED) is 0.852. The van der Waals surface area contributed by atoms with Gasteiger partial charge in [0.1, 0.15) is 0 Å². The van der Waals surface area contributed by atoms with E-state index in [2.05, 4.69) is 16.4 Å². The van der Waals surface area contributed by atoms with Crippen LogP contribution in [0.4, 0.5) is 5.69 Å². The van der Waals surface area contributed by atoms with Crippen LogP contribution in [0.15, 0.2) is 47.6 Å². The lowest BCUT2D eigenvalue weighted by Crippen LogP contribution is -2.09. The van der Waals surface area contributed by atoms with Crippen molar-refractivity contribution in [1.82, 2.24) is 4.98 Å². The van der Waals surface area contributed by atoms with Crippen molar-refractivity contribution in [2.24, 2.45) is 0 Å². The van der Waals surface area contributed by atoms with Crippen molar-refractivity contribution >= 4 is 23.4 Å². The van der Waals surface area contributed by atoms with E-state index in [0.717, 1.165) is 27.5 Å². The van der Waals surface area contributed by atoms with Crippen LogP contribution in [0, 0.1) is 0 Å². The molecule has 0 aliphatic carbocycles. The van der Waals surface area contributed by atoms with E-state index in [0.29, 0.717) is 6.42 Å². The van der Waals surface area contributed by atoms with Gasteiger partial charge in [0.25, 0.3) is 0 Å². The maximum atomic E-state index is 11.5. The summed E-state index contributed by atoms with van der Waals surface area (Å²) in [5, 5.41) is 2.93. The second kappa shape index (κ2) is 4.82. The van der Waals surface area contributed by atoms with Gasteiger partial charge < -0.3 is 5.32 Å². The van der Waals surface area contributed by atoms with E-state index >= 15 is 0 Å². The Kier molecular flexibility index (Phi) is 3.02. The van der Waals surface area contributed by atoms with Crippen LogP contribution in [0.2, 0.25) is 0 Å². The third kappa shape index (κ3) is 2.24. The van der Waals surface area contributed by atoms with Crippen molar-refractivity contribution < 1.29 is 4.79 Å². The van der Waals surface area contributed by atoms with E-state index < -0.39 is 0 Å². The van der Waals surface area contributed by atoms with Gasteiger partial charge in [0, 0.05) is 35.0 Å². The minimum Gasteiger partial charge on any atom is -0.325 e. The van der Waals surface area contributed by atoms with E-state index in [9.17, 15) is 4.79 Å². The molecule has 1 N–H and O–H groups in total. The number of anilines is 1. The number of thioether (sulfide) groups is 1. The fraction of sp³-hybridized carbons (Fsp3) is 0.143. The zero-order chi connectivity index (χ0) is 12.4. The lowest BCUT2D eigenvalue weighted by Gasteiger charge is -2.08. The summed E-state index contributed by atoms with van der Waals surface area (Å²) in [4.78, 5) is 16.7. The first-order valence-electron chi connectivity index (χ1n) is 5.80. The maximum Gasteiger partial charge on any atom is 0.225 e. The smallest absolute Gasteiger partial charge is 0.225 e. The summed E-state index contributed by atoms with van der Waals surface area (Å²) < 4.78 is 0. The molecule has 3 nitrogen and oxygen atoms in total. The van der Waals surface area contributed by atoms with E-state index in [1.807, 2.05) is 30.5 Å². The number of nitrogens with zero attached hydrogens (tertiary/aromatic N) is 1. The molecule has 2 heterocycles. The van der Waals surface area contributed by atoms with Gasteiger partial charge in [-0.3, -0.25) is 9.78 Å². The molecular formula is C14H12N2OS. The standard InChI is InChI=1S/C14H12N2OS/c17-14-5-7-18-13-8-10(3-4-12(13)16-14)11-2-1-6-15-9-11/h1-4,6,8-9H,5,7H2,(H,16,17). The Morgan fingerprint density at radius 2 is 2.17 bits per heavy atom. The van der Waals surface area contributed by atoms with E-state index in [4.69, 9.17) is 0 Å². The Bertz CT molecular complexity index is 584.